The molecule has 2 fully saturated rings. The first-order valence-corrected chi connectivity index (χ1v) is 7.93. The van der Waals surface area contributed by atoms with E-state index in [2.05, 4.69) is 16.2 Å². The Morgan fingerprint density at radius 3 is 3.14 bits per heavy atom. The highest BCUT2D eigenvalue weighted by molar-refractivity contribution is 6.31. The lowest BCUT2D eigenvalue weighted by Crippen LogP contribution is -2.50. The van der Waals surface area contributed by atoms with Crippen LogP contribution >= 0.6 is 11.6 Å². The number of hydrogen-bond donors (Lipinski definition) is 3. The van der Waals surface area contributed by atoms with E-state index in [0.29, 0.717) is 17.0 Å². The molecule has 0 aliphatic carbocycles. The van der Waals surface area contributed by atoms with Crippen molar-refractivity contribution < 1.29 is 4.79 Å². The molecule has 3 aliphatic heterocycles. The fourth-order valence-electron chi connectivity index (χ4n) is 3.71. The maximum Gasteiger partial charge on any atom is 0.245 e. The Kier molecular flexibility index (Phi) is 3.38. The molecule has 1 aromatic carbocycles. The van der Waals surface area contributed by atoms with Gasteiger partial charge in [0.2, 0.25) is 5.91 Å². The van der Waals surface area contributed by atoms with Crippen LogP contribution in [-0.2, 0) is 11.2 Å². The van der Waals surface area contributed by atoms with Gasteiger partial charge >= 0.3 is 0 Å². The molecular weight excluding hydrogens is 288 g/mol. The van der Waals surface area contributed by atoms with E-state index < -0.39 is 0 Å². The highest BCUT2D eigenvalue weighted by Crippen LogP contribution is 2.32. The van der Waals surface area contributed by atoms with Crippen LogP contribution in [-0.4, -0.2) is 37.6 Å². The van der Waals surface area contributed by atoms with Gasteiger partial charge in [0.1, 0.15) is 6.04 Å². The first kappa shape index (κ1) is 13.5. The van der Waals surface area contributed by atoms with Crippen molar-refractivity contribution in [2.24, 2.45) is 5.92 Å². The van der Waals surface area contributed by atoms with E-state index in [9.17, 15) is 4.79 Å². The van der Waals surface area contributed by atoms with E-state index in [1.54, 1.807) is 0 Å². The molecule has 3 atom stereocenters. The minimum atomic E-state index is -0.160. The van der Waals surface area contributed by atoms with Crippen molar-refractivity contribution >= 4 is 23.2 Å². The molecule has 21 heavy (non-hydrogen) atoms. The molecule has 4 rings (SSSR count). The smallest absolute Gasteiger partial charge is 0.245 e. The Balaban J connectivity index is 1.58. The van der Waals surface area contributed by atoms with Gasteiger partial charge in [0.15, 0.2) is 0 Å². The summed E-state index contributed by atoms with van der Waals surface area (Å²) in [6.07, 6.45) is 1.97. The van der Waals surface area contributed by atoms with Gasteiger partial charge in [-0.15, -0.1) is 0 Å². The van der Waals surface area contributed by atoms with Gasteiger partial charge in [0.25, 0.3) is 0 Å². The van der Waals surface area contributed by atoms with E-state index in [1.165, 1.54) is 5.56 Å². The Hall–Kier alpha value is -1.14. The maximum atomic E-state index is 12.9. The second kappa shape index (κ2) is 5.25. The minimum Gasteiger partial charge on any atom is -0.316 e. The first-order valence-electron chi connectivity index (χ1n) is 7.55. The quantitative estimate of drug-likeness (QED) is 0.714. The first-order chi connectivity index (χ1) is 10.2. The van der Waals surface area contributed by atoms with Crippen molar-refractivity contribution in [3.8, 4) is 0 Å². The number of amides is 1. The second-order valence-corrected chi connectivity index (χ2v) is 6.48. The van der Waals surface area contributed by atoms with Crippen LogP contribution < -0.4 is 21.1 Å². The van der Waals surface area contributed by atoms with Crippen LogP contribution in [0, 0.1) is 5.92 Å². The number of anilines is 1. The normalized spacial score (nSPS) is 31.1. The topological polar surface area (TPSA) is 56.4 Å². The summed E-state index contributed by atoms with van der Waals surface area (Å²) < 4.78 is 0. The largest absolute Gasteiger partial charge is 0.316 e. The maximum absolute atomic E-state index is 12.9. The fourth-order valence-corrected chi connectivity index (χ4v) is 3.88. The van der Waals surface area contributed by atoms with Gasteiger partial charge in [-0.3, -0.25) is 10.2 Å². The van der Waals surface area contributed by atoms with E-state index in [1.807, 2.05) is 23.1 Å². The number of carbonyl (C=O) groups is 1. The van der Waals surface area contributed by atoms with Gasteiger partial charge in [-0.25, -0.2) is 5.43 Å². The van der Waals surface area contributed by atoms with Gasteiger partial charge < -0.3 is 10.2 Å². The summed E-state index contributed by atoms with van der Waals surface area (Å²) in [5, 5.41) is 4.07. The molecule has 6 heteroatoms. The zero-order chi connectivity index (χ0) is 14.4. The number of piperidine rings is 1. The van der Waals surface area contributed by atoms with Gasteiger partial charge in [-0.05, 0) is 37.1 Å². The van der Waals surface area contributed by atoms with Crippen LogP contribution in [0.5, 0.6) is 0 Å². The van der Waals surface area contributed by atoms with E-state index >= 15 is 0 Å². The molecule has 5 nitrogen and oxygen atoms in total. The number of benzene rings is 1. The molecule has 0 saturated carbocycles. The molecular formula is C15H19ClN4O. The Bertz CT molecular complexity index is 579. The standard InChI is InChI=1S/C15H19ClN4O/c16-10-2-1-9-4-6-20(13(9)7-10)15(21)14-11-8-17-5-3-12(11)18-19-14/h1-2,7,11-12,14,17-19H,3-6,8H2. The van der Waals surface area contributed by atoms with Crippen molar-refractivity contribution in [3.63, 3.8) is 0 Å². The zero-order valence-corrected chi connectivity index (χ0v) is 12.5. The summed E-state index contributed by atoms with van der Waals surface area (Å²) in [5.41, 5.74) is 8.67. The summed E-state index contributed by atoms with van der Waals surface area (Å²) in [7, 11) is 0. The summed E-state index contributed by atoms with van der Waals surface area (Å²) in [6, 6.07) is 6.05. The molecule has 3 aliphatic rings. The molecule has 3 N–H and O–H groups in total. The average Bonchev–Trinajstić information content (AvgIpc) is 3.10. The number of halogens is 1. The molecule has 2 saturated heterocycles. The minimum absolute atomic E-state index is 0.153. The molecule has 0 bridgehead atoms. The van der Waals surface area contributed by atoms with Gasteiger partial charge in [-0.2, -0.15) is 0 Å². The molecule has 1 amide bonds. The number of nitrogens with one attached hydrogen (secondary N) is 3. The summed E-state index contributed by atoms with van der Waals surface area (Å²) >= 11 is 6.09. The molecule has 0 spiro atoms. The lowest BCUT2D eigenvalue weighted by atomic mass is 9.89. The number of fused-ring (bicyclic) bond motifs is 2. The molecule has 0 aromatic heterocycles. The lowest BCUT2D eigenvalue weighted by Gasteiger charge is -2.29. The van der Waals surface area contributed by atoms with Crippen LogP contribution in [0.25, 0.3) is 0 Å². The number of hydrogen-bond acceptors (Lipinski definition) is 4. The average molecular weight is 307 g/mol. The summed E-state index contributed by atoms with van der Waals surface area (Å²) in [5.74, 6) is 0.467. The van der Waals surface area contributed by atoms with Crippen molar-refractivity contribution in [3.05, 3.63) is 28.8 Å². The number of hydrazine groups is 1. The van der Waals surface area contributed by atoms with Gasteiger partial charge in [-0.1, -0.05) is 17.7 Å². The predicted octanol–water partition coefficient (Wildman–Crippen LogP) is 0.684. The highest BCUT2D eigenvalue weighted by Gasteiger charge is 2.43. The van der Waals surface area contributed by atoms with Gasteiger partial charge in [0.05, 0.1) is 0 Å². The van der Waals surface area contributed by atoms with Crippen LogP contribution in [0.4, 0.5) is 5.69 Å². The monoisotopic (exact) mass is 306 g/mol. The zero-order valence-electron chi connectivity index (χ0n) is 11.7. The van der Waals surface area contributed by atoms with Crippen molar-refractivity contribution in [2.75, 3.05) is 24.5 Å². The Morgan fingerprint density at radius 2 is 2.24 bits per heavy atom. The summed E-state index contributed by atoms with van der Waals surface area (Å²) in [4.78, 5) is 14.8. The third-order valence-corrected chi connectivity index (χ3v) is 5.09. The lowest BCUT2D eigenvalue weighted by molar-refractivity contribution is -0.121. The highest BCUT2D eigenvalue weighted by atomic mass is 35.5. The van der Waals surface area contributed by atoms with Crippen LogP contribution in [0.3, 0.4) is 0 Å². The van der Waals surface area contributed by atoms with E-state index in [-0.39, 0.29) is 11.9 Å². The van der Waals surface area contributed by atoms with Crippen LogP contribution in [0.1, 0.15) is 12.0 Å². The predicted molar refractivity (Wildman–Crippen MR) is 82.3 cm³/mol. The second-order valence-electron chi connectivity index (χ2n) is 6.04. The van der Waals surface area contributed by atoms with Crippen molar-refractivity contribution in [1.82, 2.24) is 16.2 Å². The van der Waals surface area contributed by atoms with Crippen LogP contribution in [0.2, 0.25) is 5.02 Å². The molecule has 3 heterocycles. The van der Waals surface area contributed by atoms with Crippen LogP contribution in [0.15, 0.2) is 18.2 Å². The molecule has 1 aromatic rings. The molecule has 112 valence electrons. The molecule has 3 unspecified atom stereocenters. The van der Waals surface area contributed by atoms with E-state index in [4.69, 9.17) is 11.6 Å². The Morgan fingerprint density at radius 1 is 1.33 bits per heavy atom. The number of nitrogens with zero attached hydrogens (tertiary/aromatic N) is 1. The fraction of sp³-hybridized carbons (Fsp3) is 0.533. The third-order valence-electron chi connectivity index (χ3n) is 4.86. The van der Waals surface area contributed by atoms with Crippen molar-refractivity contribution in [2.45, 2.75) is 24.9 Å². The molecule has 0 radical (unpaired) electrons. The Labute approximate surface area is 129 Å². The number of carbonyl (C=O) groups excluding carboxylic acids is 1. The van der Waals surface area contributed by atoms with E-state index in [0.717, 1.165) is 38.2 Å². The van der Waals surface area contributed by atoms with Crippen molar-refractivity contribution in [1.29, 1.82) is 0 Å². The SMILES string of the molecule is O=C(C1NNC2CCNCC21)N1CCc2ccc(Cl)cc21. The third kappa shape index (κ3) is 2.25. The van der Waals surface area contributed by atoms with Gasteiger partial charge in [0, 0.05) is 35.8 Å². The summed E-state index contributed by atoms with van der Waals surface area (Å²) in [6.45, 7) is 2.65. The number of rotatable bonds is 1.